The number of carbonyl (C=O) groups is 1. The second kappa shape index (κ2) is 3.59. The van der Waals surface area contributed by atoms with Gasteiger partial charge in [0.2, 0.25) is 0 Å². The van der Waals surface area contributed by atoms with E-state index in [9.17, 15) is 4.79 Å². The molecule has 0 aromatic carbocycles. The number of nitrogens with zero attached hydrogens (tertiary/aromatic N) is 3. The number of aromatic nitrogens is 3. The van der Waals surface area contributed by atoms with E-state index in [0.717, 1.165) is 28.2 Å². The summed E-state index contributed by atoms with van der Waals surface area (Å²) in [5.74, 6) is -0.851. The Labute approximate surface area is 92.7 Å². The smallest absolute Gasteiger partial charge is 0.307 e. The van der Waals surface area contributed by atoms with E-state index in [4.69, 9.17) is 5.11 Å². The van der Waals surface area contributed by atoms with Crippen LogP contribution in [0.1, 0.15) is 22.5 Å². The van der Waals surface area contributed by atoms with Crippen LogP contribution < -0.4 is 0 Å². The molecule has 5 nitrogen and oxygen atoms in total. The zero-order chi connectivity index (χ0) is 11.9. The molecular weight excluding hydrogens is 206 g/mol. The predicted octanol–water partition coefficient (Wildman–Crippen LogP) is 1.28. The van der Waals surface area contributed by atoms with Crippen LogP contribution in [0, 0.1) is 20.8 Å². The van der Waals surface area contributed by atoms with Gasteiger partial charge in [0.1, 0.15) is 0 Å². The summed E-state index contributed by atoms with van der Waals surface area (Å²) >= 11 is 0. The van der Waals surface area contributed by atoms with Crippen LogP contribution in [0.4, 0.5) is 0 Å². The monoisotopic (exact) mass is 219 g/mol. The van der Waals surface area contributed by atoms with E-state index in [2.05, 4.69) is 10.1 Å². The first-order valence-corrected chi connectivity index (χ1v) is 5.03. The lowest BCUT2D eigenvalue weighted by molar-refractivity contribution is -0.136. The molecule has 2 heterocycles. The molecule has 0 amide bonds. The lowest BCUT2D eigenvalue weighted by Crippen LogP contribution is -2.10. The molecule has 16 heavy (non-hydrogen) atoms. The Morgan fingerprint density at radius 1 is 1.44 bits per heavy atom. The molecule has 5 heteroatoms. The van der Waals surface area contributed by atoms with Crippen LogP contribution in [0.2, 0.25) is 0 Å². The summed E-state index contributed by atoms with van der Waals surface area (Å²) in [6.07, 6.45) is 1.72. The average molecular weight is 219 g/mol. The molecule has 2 aromatic rings. The van der Waals surface area contributed by atoms with Gasteiger partial charge in [0, 0.05) is 22.5 Å². The van der Waals surface area contributed by atoms with Crippen molar-refractivity contribution >= 4 is 11.6 Å². The number of aliphatic carboxylic acids is 1. The van der Waals surface area contributed by atoms with Gasteiger partial charge in [-0.1, -0.05) is 0 Å². The third-order valence-corrected chi connectivity index (χ3v) is 2.71. The lowest BCUT2D eigenvalue weighted by Gasteiger charge is -2.09. The fourth-order valence-electron chi connectivity index (χ4n) is 1.83. The molecule has 84 valence electrons. The van der Waals surface area contributed by atoms with Crippen molar-refractivity contribution in [2.45, 2.75) is 27.2 Å². The summed E-state index contributed by atoms with van der Waals surface area (Å²) in [5.41, 5.74) is 4.13. The molecule has 0 atom stereocenters. The lowest BCUT2D eigenvalue weighted by atomic mass is 10.1. The fraction of sp³-hybridized carbons (Fsp3) is 0.364. The van der Waals surface area contributed by atoms with E-state index in [1.165, 1.54) is 0 Å². The van der Waals surface area contributed by atoms with Crippen molar-refractivity contribution in [3.05, 3.63) is 28.7 Å². The maximum Gasteiger partial charge on any atom is 0.307 e. The molecule has 0 spiro atoms. The highest BCUT2D eigenvalue weighted by Gasteiger charge is 2.14. The molecule has 2 aromatic heterocycles. The molecule has 2 rings (SSSR count). The Kier molecular flexibility index (Phi) is 2.38. The highest BCUT2D eigenvalue weighted by Crippen LogP contribution is 2.16. The minimum atomic E-state index is -0.851. The van der Waals surface area contributed by atoms with Gasteiger partial charge < -0.3 is 5.11 Å². The van der Waals surface area contributed by atoms with Crippen molar-refractivity contribution in [2.24, 2.45) is 0 Å². The molecule has 0 unspecified atom stereocenters. The molecular formula is C11H13N3O2. The Morgan fingerprint density at radius 3 is 2.75 bits per heavy atom. The standard InChI is InChI=1S/C11H13N3O2/c1-6-5-12-14-8(3)9(4-10(15)16)7(2)13-11(6)14/h5H,4H2,1-3H3,(H,15,16). The molecule has 0 fully saturated rings. The summed E-state index contributed by atoms with van der Waals surface area (Å²) < 4.78 is 1.70. The van der Waals surface area contributed by atoms with Crippen molar-refractivity contribution in [3.8, 4) is 0 Å². The molecule has 1 N–H and O–H groups in total. The molecule has 0 aliphatic carbocycles. The molecule has 0 saturated carbocycles. The molecule has 0 aliphatic rings. The highest BCUT2D eigenvalue weighted by molar-refractivity contribution is 5.71. The van der Waals surface area contributed by atoms with E-state index in [-0.39, 0.29) is 6.42 Å². The Hall–Kier alpha value is -1.91. The van der Waals surface area contributed by atoms with Gasteiger partial charge >= 0.3 is 5.97 Å². The number of carboxylic acid groups (broad SMARTS) is 1. The van der Waals surface area contributed by atoms with Crippen LogP contribution in [0.5, 0.6) is 0 Å². The second-order valence-corrected chi connectivity index (χ2v) is 3.89. The van der Waals surface area contributed by atoms with E-state index >= 15 is 0 Å². The third-order valence-electron chi connectivity index (χ3n) is 2.71. The Bertz CT molecular complexity index is 572. The normalized spacial score (nSPS) is 10.9. The maximum absolute atomic E-state index is 10.8. The molecule has 0 aliphatic heterocycles. The first kappa shape index (κ1) is 10.6. The fourth-order valence-corrected chi connectivity index (χ4v) is 1.83. The van der Waals surface area contributed by atoms with Crippen LogP contribution in [0.15, 0.2) is 6.20 Å². The topological polar surface area (TPSA) is 67.5 Å². The first-order chi connectivity index (χ1) is 7.50. The minimum Gasteiger partial charge on any atom is -0.481 e. The summed E-state index contributed by atoms with van der Waals surface area (Å²) in [4.78, 5) is 15.1. The van der Waals surface area contributed by atoms with Crippen LogP contribution >= 0.6 is 0 Å². The number of carboxylic acids is 1. The van der Waals surface area contributed by atoms with Gasteiger partial charge in [-0.2, -0.15) is 5.10 Å². The Balaban J connectivity index is 2.71. The van der Waals surface area contributed by atoms with Gasteiger partial charge in [0.05, 0.1) is 12.6 Å². The van der Waals surface area contributed by atoms with E-state index in [0.29, 0.717) is 0 Å². The average Bonchev–Trinajstić information content (AvgIpc) is 2.55. The van der Waals surface area contributed by atoms with Crippen molar-refractivity contribution in [2.75, 3.05) is 0 Å². The van der Waals surface area contributed by atoms with Gasteiger partial charge in [0.25, 0.3) is 0 Å². The van der Waals surface area contributed by atoms with Crippen molar-refractivity contribution in [1.29, 1.82) is 0 Å². The number of aryl methyl sites for hydroxylation is 3. The van der Waals surface area contributed by atoms with Crippen LogP contribution in [-0.2, 0) is 11.2 Å². The van der Waals surface area contributed by atoms with E-state index in [1.807, 2.05) is 20.8 Å². The quantitative estimate of drug-likeness (QED) is 0.826. The Morgan fingerprint density at radius 2 is 2.12 bits per heavy atom. The van der Waals surface area contributed by atoms with E-state index in [1.54, 1.807) is 10.7 Å². The highest BCUT2D eigenvalue weighted by atomic mass is 16.4. The number of fused-ring (bicyclic) bond motifs is 1. The zero-order valence-electron chi connectivity index (χ0n) is 9.48. The number of hydrogen-bond acceptors (Lipinski definition) is 3. The van der Waals surface area contributed by atoms with Gasteiger partial charge in [-0.15, -0.1) is 0 Å². The number of hydrogen-bond donors (Lipinski definition) is 1. The predicted molar refractivity (Wildman–Crippen MR) is 58.5 cm³/mol. The molecule has 0 saturated heterocycles. The largest absolute Gasteiger partial charge is 0.481 e. The maximum atomic E-state index is 10.8. The second-order valence-electron chi connectivity index (χ2n) is 3.89. The van der Waals surface area contributed by atoms with Gasteiger partial charge in [0.15, 0.2) is 5.65 Å². The van der Waals surface area contributed by atoms with Gasteiger partial charge in [-0.05, 0) is 20.8 Å². The minimum absolute atomic E-state index is 0.0144. The van der Waals surface area contributed by atoms with Crippen molar-refractivity contribution in [1.82, 2.24) is 14.6 Å². The SMILES string of the molecule is Cc1nc2c(C)cnn2c(C)c1CC(=O)O. The third kappa shape index (κ3) is 1.54. The summed E-state index contributed by atoms with van der Waals surface area (Å²) in [6.45, 7) is 5.63. The van der Waals surface area contributed by atoms with Crippen LogP contribution in [0.25, 0.3) is 5.65 Å². The van der Waals surface area contributed by atoms with E-state index < -0.39 is 5.97 Å². The molecule has 0 bridgehead atoms. The van der Waals surface area contributed by atoms with Crippen LogP contribution in [0.3, 0.4) is 0 Å². The summed E-state index contributed by atoms with van der Waals surface area (Å²) in [7, 11) is 0. The van der Waals surface area contributed by atoms with Crippen LogP contribution in [-0.4, -0.2) is 25.7 Å². The number of rotatable bonds is 2. The van der Waals surface area contributed by atoms with Gasteiger partial charge in [-0.3, -0.25) is 4.79 Å². The molecule has 0 radical (unpaired) electrons. The zero-order valence-corrected chi connectivity index (χ0v) is 9.48. The van der Waals surface area contributed by atoms with Crippen molar-refractivity contribution < 1.29 is 9.90 Å². The van der Waals surface area contributed by atoms with Gasteiger partial charge in [-0.25, -0.2) is 9.50 Å². The summed E-state index contributed by atoms with van der Waals surface area (Å²) in [6, 6.07) is 0. The first-order valence-electron chi connectivity index (χ1n) is 5.03. The summed E-state index contributed by atoms with van der Waals surface area (Å²) in [5, 5.41) is 13.0. The van der Waals surface area contributed by atoms with Crippen molar-refractivity contribution in [3.63, 3.8) is 0 Å².